The van der Waals surface area contributed by atoms with Gasteiger partial charge in [-0.05, 0) is 0 Å². The minimum absolute atomic E-state index is 0.320. The van der Waals surface area contributed by atoms with Crippen LogP contribution in [0.1, 0.15) is 21.8 Å². The molecule has 1 aromatic rings. The second-order valence-electron chi connectivity index (χ2n) is 8.66. The Labute approximate surface area is 139 Å². The van der Waals surface area contributed by atoms with E-state index in [2.05, 4.69) is 0 Å². The molecule has 2 aliphatic carbocycles. The van der Waals surface area contributed by atoms with E-state index in [1.807, 2.05) is 65.1 Å². The minimum atomic E-state index is -5.78. The molecule has 2 aliphatic rings. The molecule has 126 valence electrons. The Bertz CT molecular complexity index is 956. The fourth-order valence-electron chi connectivity index (χ4n) is 4.40. The zero-order chi connectivity index (χ0) is 17.6. The molecule has 0 aliphatic heterocycles. The van der Waals surface area contributed by atoms with Crippen molar-refractivity contribution in [1.29, 1.82) is 0 Å². The summed E-state index contributed by atoms with van der Waals surface area (Å²) in [5.41, 5.74) is 2.07. The summed E-state index contributed by atoms with van der Waals surface area (Å²) in [6, 6.07) is 7.94. The van der Waals surface area contributed by atoms with E-state index in [0.717, 1.165) is 15.0 Å². The van der Waals surface area contributed by atoms with Gasteiger partial charge in [0, 0.05) is 0 Å². The van der Waals surface area contributed by atoms with Crippen molar-refractivity contribution in [3.63, 3.8) is 0 Å². The van der Waals surface area contributed by atoms with Crippen molar-refractivity contribution in [2.45, 2.75) is 21.1 Å². The number of benzene rings is 1. The molecule has 0 heterocycles. The van der Waals surface area contributed by atoms with Gasteiger partial charge in [0.05, 0.1) is 0 Å². The fourth-order valence-corrected chi connectivity index (χ4v) is 16.8. The van der Waals surface area contributed by atoms with E-state index in [0.29, 0.717) is 19.4 Å². The van der Waals surface area contributed by atoms with Crippen molar-refractivity contribution >= 4 is 26.7 Å². The van der Waals surface area contributed by atoms with Crippen molar-refractivity contribution in [1.82, 2.24) is 0 Å². The van der Waals surface area contributed by atoms with Crippen LogP contribution in [0.3, 0.4) is 0 Å². The molecule has 1 aromatic carbocycles. The maximum atomic E-state index is 11.7. The molecular weight excluding hydrogens is 356 g/mol. The molecule has 0 fully saturated rings. The summed E-state index contributed by atoms with van der Waals surface area (Å²) >= 11 is -5.78. The van der Waals surface area contributed by atoms with E-state index in [4.69, 9.17) is 6.64 Å². The Kier molecular flexibility index (Phi) is 3.06. The van der Waals surface area contributed by atoms with Crippen LogP contribution in [-0.2, 0) is 28.5 Å². The van der Waals surface area contributed by atoms with Gasteiger partial charge >= 0.3 is 140 Å². The van der Waals surface area contributed by atoms with Gasteiger partial charge in [-0.2, -0.15) is 0 Å². The standard InChI is InChI=1S/C9H7.C5H5.2CH2O2.2CH3.H2Si.Ti/c1-2-5-9-7-3-6-8(9)4-1;1-2-4-5-3-1;2*2-1-3;;;;/h1-7H;1-3H,4H2;2*1H,(H,2,3);2*1H3;1H2;/q;;;;;;;+2/p-2. The number of carbonyl (C=O) groups excluding carboxylic acids is 2. The zero-order valence-electron chi connectivity index (χ0n) is 14.0. The molecule has 0 amide bonds. The maximum absolute atomic E-state index is 11.7. The first kappa shape index (κ1) is 17.1. The molecule has 0 bridgehead atoms. The van der Waals surface area contributed by atoms with Crippen LogP contribution < -0.4 is 0 Å². The van der Waals surface area contributed by atoms with Crippen LogP contribution >= 0.6 is 0 Å². The molecule has 0 saturated carbocycles. The van der Waals surface area contributed by atoms with Crippen LogP contribution in [0.5, 0.6) is 0 Å². The average molecular weight is 378 g/mol. The van der Waals surface area contributed by atoms with Crippen LogP contribution in [0.2, 0.25) is 10.5 Å². The van der Waals surface area contributed by atoms with Crippen molar-refractivity contribution in [3.05, 3.63) is 63.6 Å². The molecule has 0 spiro atoms. The molecule has 6 heteroatoms. The van der Waals surface area contributed by atoms with E-state index in [-0.39, 0.29) is 4.22 Å². The summed E-state index contributed by atoms with van der Waals surface area (Å²) in [5, 5.41) is 3.77. The summed E-state index contributed by atoms with van der Waals surface area (Å²) in [6.45, 7) is 0.890. The fraction of sp³-hybridized carbons (Fsp3) is 0.222. The Morgan fingerprint density at radius 2 is 1.83 bits per heavy atom. The Hall–Kier alpha value is -1.69. The van der Waals surface area contributed by atoms with E-state index < -0.39 is 12.3 Å². The Morgan fingerprint density at radius 1 is 1.17 bits per heavy atom. The Morgan fingerprint density at radius 3 is 2.42 bits per heavy atom. The predicted molar refractivity (Wildman–Crippen MR) is 94.6 cm³/mol. The summed E-state index contributed by atoms with van der Waals surface area (Å²) < 4.78 is 12.7. The SMILES string of the molecule is [CH3][Ti]([CH3])(=[SiH2])([O]C=O)([O]C=O)([C]1=CC=CC1)[CH]1C=Cc2ccccc21. The molecule has 1 unspecified atom stereocenters. The predicted octanol–water partition coefficient (Wildman–Crippen LogP) is 3.18. The number of hydrogen-bond acceptors (Lipinski definition) is 4. The van der Waals surface area contributed by atoms with Crippen LogP contribution in [0, 0.1) is 0 Å². The van der Waals surface area contributed by atoms with Gasteiger partial charge in [0.1, 0.15) is 0 Å². The van der Waals surface area contributed by atoms with E-state index in [1.165, 1.54) is 0 Å². The summed E-state index contributed by atoms with van der Waals surface area (Å²) in [6.07, 6.45) is 10.5. The van der Waals surface area contributed by atoms with Gasteiger partial charge in [-0.3, -0.25) is 0 Å². The van der Waals surface area contributed by atoms with Crippen molar-refractivity contribution < 1.29 is 28.5 Å². The topological polar surface area (TPSA) is 52.6 Å². The van der Waals surface area contributed by atoms with Crippen molar-refractivity contribution in [3.8, 4) is 0 Å². The van der Waals surface area contributed by atoms with E-state index >= 15 is 0 Å². The molecule has 0 aromatic heterocycles. The van der Waals surface area contributed by atoms with Crippen molar-refractivity contribution in [2.75, 3.05) is 0 Å². The number of allylic oxidation sites excluding steroid dienone is 5. The number of rotatable bonds is 6. The summed E-state index contributed by atoms with van der Waals surface area (Å²) in [4.78, 5) is 23.4. The number of fused-ring (bicyclic) bond motifs is 1. The molecular formula is C18H22O4SiTi. The van der Waals surface area contributed by atoms with Crippen LogP contribution in [-0.4, -0.2) is 20.6 Å². The first-order valence-corrected chi connectivity index (χ1v) is 18.1. The molecule has 24 heavy (non-hydrogen) atoms. The van der Waals surface area contributed by atoms with Gasteiger partial charge < -0.3 is 0 Å². The van der Waals surface area contributed by atoms with Crippen molar-refractivity contribution in [2.24, 2.45) is 0 Å². The van der Waals surface area contributed by atoms with Gasteiger partial charge in [0.15, 0.2) is 0 Å². The molecule has 3 rings (SSSR count). The number of carbonyl (C=O) groups is 2. The van der Waals surface area contributed by atoms with E-state index in [9.17, 15) is 9.59 Å². The first-order chi connectivity index (χ1) is 11.1. The van der Waals surface area contributed by atoms with Crippen LogP contribution in [0.15, 0.2) is 52.4 Å². The zero-order valence-corrected chi connectivity index (χ0v) is 17.0. The molecule has 0 N–H and O–H groups in total. The van der Waals surface area contributed by atoms with E-state index in [1.54, 1.807) is 7.63 Å². The monoisotopic (exact) mass is 378 g/mol. The summed E-state index contributed by atoms with van der Waals surface area (Å²) in [5.74, 6) is 0. The molecule has 4 nitrogen and oxygen atoms in total. The molecule has 0 saturated heterocycles. The second-order valence-corrected chi connectivity index (χ2v) is 36.6. The average Bonchev–Trinajstić information content (AvgIpc) is 3.19. The number of hydrogen-bond donors (Lipinski definition) is 0. The summed E-state index contributed by atoms with van der Waals surface area (Å²) in [7, 11) is 1.58. The molecule has 0 radical (unpaired) electrons. The van der Waals surface area contributed by atoms with Gasteiger partial charge in [0.2, 0.25) is 0 Å². The van der Waals surface area contributed by atoms with Gasteiger partial charge in [-0.15, -0.1) is 0 Å². The Balaban J connectivity index is 2.46. The third-order valence-electron chi connectivity index (χ3n) is 6.22. The quantitative estimate of drug-likeness (QED) is 0.564. The van der Waals surface area contributed by atoms with Gasteiger partial charge in [-0.1, -0.05) is 0 Å². The third-order valence-corrected chi connectivity index (χ3v) is 24.1. The normalized spacial score (nSPS) is 23.2. The molecule has 1 atom stereocenters. The first-order valence-electron chi connectivity index (χ1n) is 8.03. The second kappa shape index (κ2) is 4.28. The van der Waals surface area contributed by atoms with Crippen LogP contribution in [0.4, 0.5) is 0 Å². The van der Waals surface area contributed by atoms with Crippen LogP contribution in [0.25, 0.3) is 6.08 Å². The van der Waals surface area contributed by atoms with Gasteiger partial charge in [-0.25, -0.2) is 0 Å². The third kappa shape index (κ3) is 1.89. The van der Waals surface area contributed by atoms with Gasteiger partial charge in [0.25, 0.3) is 0 Å².